The van der Waals surface area contributed by atoms with Crippen LogP contribution in [-0.2, 0) is 30.7 Å². The third kappa shape index (κ3) is 2.73. The molecule has 2 aliphatic rings. The molecular weight excluding hydrogens is 252 g/mol. The summed E-state index contributed by atoms with van der Waals surface area (Å²) in [6, 6.07) is 0.279. The maximum atomic E-state index is 11.4. The van der Waals surface area contributed by atoms with E-state index >= 15 is 0 Å². The smallest absolute Gasteiger partial charge is 0.220 e. The van der Waals surface area contributed by atoms with Gasteiger partial charge in [-0.05, 0) is 12.3 Å². The number of hydrogen-bond acceptors (Lipinski definition) is 3. The van der Waals surface area contributed by atoms with Crippen molar-refractivity contribution in [2.45, 2.75) is 58.7 Å². The van der Waals surface area contributed by atoms with Gasteiger partial charge in [-0.3, -0.25) is 4.79 Å². The number of fused-ring (bicyclic) bond motifs is 1. The first-order valence-electron chi connectivity index (χ1n) is 7.70. The van der Waals surface area contributed by atoms with E-state index in [1.165, 1.54) is 17.2 Å². The molecule has 110 valence electrons. The topological polar surface area (TPSA) is 59.0 Å². The second kappa shape index (κ2) is 5.56. The standard InChI is InChI=1S/C15H24N4O/c1-10(2)7-14-18-12-8-16-6-5-13(12)19(14)9-11-3-4-15(20)17-11/h10-11,16H,3-9H2,1-2H3,(H,17,20). The quantitative estimate of drug-likeness (QED) is 0.863. The number of aromatic nitrogens is 2. The van der Waals surface area contributed by atoms with Crippen molar-refractivity contribution < 1.29 is 4.79 Å². The molecule has 1 amide bonds. The lowest BCUT2D eigenvalue weighted by Crippen LogP contribution is -2.32. The highest BCUT2D eigenvalue weighted by molar-refractivity contribution is 5.78. The number of amides is 1. The van der Waals surface area contributed by atoms with Crippen LogP contribution in [-0.4, -0.2) is 28.0 Å². The van der Waals surface area contributed by atoms with Crippen LogP contribution >= 0.6 is 0 Å². The van der Waals surface area contributed by atoms with Crippen LogP contribution < -0.4 is 10.6 Å². The second-order valence-electron chi connectivity index (χ2n) is 6.36. The monoisotopic (exact) mass is 276 g/mol. The van der Waals surface area contributed by atoms with Gasteiger partial charge in [0.15, 0.2) is 0 Å². The largest absolute Gasteiger partial charge is 0.352 e. The zero-order valence-electron chi connectivity index (χ0n) is 12.4. The Morgan fingerprint density at radius 2 is 2.25 bits per heavy atom. The van der Waals surface area contributed by atoms with Crippen LogP contribution in [0.2, 0.25) is 0 Å². The van der Waals surface area contributed by atoms with Crippen molar-refractivity contribution in [3.63, 3.8) is 0 Å². The molecule has 1 atom stereocenters. The average molecular weight is 276 g/mol. The second-order valence-corrected chi connectivity index (χ2v) is 6.36. The molecule has 1 unspecified atom stereocenters. The summed E-state index contributed by atoms with van der Waals surface area (Å²) in [5.41, 5.74) is 2.58. The number of nitrogens with zero attached hydrogens (tertiary/aromatic N) is 2. The minimum Gasteiger partial charge on any atom is -0.352 e. The predicted molar refractivity (Wildman–Crippen MR) is 77.3 cm³/mol. The molecule has 1 aromatic rings. The summed E-state index contributed by atoms with van der Waals surface area (Å²) in [5, 5.41) is 6.47. The van der Waals surface area contributed by atoms with Gasteiger partial charge in [-0.15, -0.1) is 0 Å². The van der Waals surface area contributed by atoms with Gasteiger partial charge in [-0.1, -0.05) is 13.8 Å². The summed E-state index contributed by atoms with van der Waals surface area (Å²) in [4.78, 5) is 16.2. The zero-order chi connectivity index (χ0) is 14.1. The zero-order valence-corrected chi connectivity index (χ0v) is 12.4. The first kappa shape index (κ1) is 13.6. The van der Waals surface area contributed by atoms with Crippen LogP contribution in [0.15, 0.2) is 0 Å². The highest BCUT2D eigenvalue weighted by atomic mass is 16.1. The van der Waals surface area contributed by atoms with Gasteiger partial charge in [0.25, 0.3) is 0 Å². The van der Waals surface area contributed by atoms with E-state index in [2.05, 4.69) is 29.0 Å². The first-order valence-corrected chi connectivity index (χ1v) is 7.70. The van der Waals surface area contributed by atoms with Gasteiger partial charge in [-0.25, -0.2) is 4.98 Å². The molecule has 1 saturated heterocycles. The van der Waals surface area contributed by atoms with Crippen molar-refractivity contribution in [3.8, 4) is 0 Å². The van der Waals surface area contributed by atoms with E-state index < -0.39 is 0 Å². The molecular formula is C15H24N4O. The van der Waals surface area contributed by atoms with Crippen LogP contribution in [0.3, 0.4) is 0 Å². The lowest BCUT2D eigenvalue weighted by atomic mass is 10.1. The van der Waals surface area contributed by atoms with Crippen molar-refractivity contribution in [1.29, 1.82) is 0 Å². The lowest BCUT2D eigenvalue weighted by molar-refractivity contribution is -0.119. The number of hydrogen-bond donors (Lipinski definition) is 2. The van der Waals surface area contributed by atoms with E-state index in [4.69, 9.17) is 4.98 Å². The molecule has 0 saturated carbocycles. The van der Waals surface area contributed by atoms with Crippen molar-refractivity contribution >= 4 is 5.91 Å². The highest BCUT2D eigenvalue weighted by Gasteiger charge is 2.25. The summed E-state index contributed by atoms with van der Waals surface area (Å²) in [6.45, 7) is 7.25. The Morgan fingerprint density at radius 1 is 1.40 bits per heavy atom. The van der Waals surface area contributed by atoms with Crippen molar-refractivity contribution in [3.05, 3.63) is 17.2 Å². The van der Waals surface area contributed by atoms with Crippen LogP contribution in [0.25, 0.3) is 0 Å². The molecule has 0 aliphatic carbocycles. The Labute approximate surface area is 120 Å². The van der Waals surface area contributed by atoms with Gasteiger partial charge in [-0.2, -0.15) is 0 Å². The molecule has 0 spiro atoms. The van der Waals surface area contributed by atoms with Crippen LogP contribution in [0.4, 0.5) is 0 Å². The summed E-state index contributed by atoms with van der Waals surface area (Å²) < 4.78 is 2.38. The number of imidazole rings is 1. The third-order valence-corrected chi connectivity index (χ3v) is 4.14. The fraction of sp³-hybridized carbons (Fsp3) is 0.733. The van der Waals surface area contributed by atoms with Crippen LogP contribution in [0.5, 0.6) is 0 Å². The Kier molecular flexibility index (Phi) is 3.78. The van der Waals surface area contributed by atoms with E-state index in [-0.39, 0.29) is 11.9 Å². The fourth-order valence-corrected chi connectivity index (χ4v) is 3.20. The molecule has 5 nitrogen and oxygen atoms in total. The van der Waals surface area contributed by atoms with Gasteiger partial charge in [0.1, 0.15) is 5.82 Å². The molecule has 3 rings (SSSR count). The highest BCUT2D eigenvalue weighted by Crippen LogP contribution is 2.21. The Morgan fingerprint density at radius 3 is 2.95 bits per heavy atom. The van der Waals surface area contributed by atoms with Crippen molar-refractivity contribution in [2.24, 2.45) is 5.92 Å². The summed E-state index contributed by atoms with van der Waals surface area (Å²) >= 11 is 0. The number of rotatable bonds is 4. The summed E-state index contributed by atoms with van der Waals surface area (Å²) in [7, 11) is 0. The maximum absolute atomic E-state index is 11.4. The summed E-state index contributed by atoms with van der Waals surface area (Å²) in [6.07, 6.45) is 3.67. The molecule has 20 heavy (non-hydrogen) atoms. The Balaban J connectivity index is 1.85. The van der Waals surface area contributed by atoms with Crippen molar-refractivity contribution in [2.75, 3.05) is 6.54 Å². The molecule has 1 fully saturated rings. The molecule has 2 aliphatic heterocycles. The number of carbonyl (C=O) groups excluding carboxylic acids is 1. The number of nitrogens with one attached hydrogen (secondary N) is 2. The fourth-order valence-electron chi connectivity index (χ4n) is 3.20. The van der Waals surface area contributed by atoms with Crippen LogP contribution in [0, 0.1) is 5.92 Å². The van der Waals surface area contributed by atoms with Gasteiger partial charge in [0, 0.05) is 50.6 Å². The van der Waals surface area contributed by atoms with Crippen LogP contribution in [0.1, 0.15) is 43.9 Å². The van der Waals surface area contributed by atoms with E-state index in [1.54, 1.807) is 0 Å². The van der Waals surface area contributed by atoms with Gasteiger partial charge in [0.05, 0.1) is 5.69 Å². The molecule has 0 bridgehead atoms. The molecule has 5 heteroatoms. The van der Waals surface area contributed by atoms with E-state index in [0.717, 1.165) is 38.9 Å². The SMILES string of the molecule is CC(C)Cc1nc2c(n1CC1CCC(=O)N1)CCNC2. The first-order chi connectivity index (χ1) is 9.63. The Hall–Kier alpha value is -1.36. The third-order valence-electron chi connectivity index (χ3n) is 4.14. The molecule has 1 aromatic heterocycles. The van der Waals surface area contributed by atoms with Crippen molar-refractivity contribution in [1.82, 2.24) is 20.2 Å². The van der Waals surface area contributed by atoms with E-state index in [9.17, 15) is 4.79 Å². The number of carbonyl (C=O) groups is 1. The minimum absolute atomic E-state index is 0.191. The minimum atomic E-state index is 0.191. The predicted octanol–water partition coefficient (Wildman–Crippen LogP) is 1.01. The Bertz CT molecular complexity index is 506. The van der Waals surface area contributed by atoms with Gasteiger partial charge in [0.2, 0.25) is 5.91 Å². The van der Waals surface area contributed by atoms with Gasteiger partial charge < -0.3 is 15.2 Å². The molecule has 3 heterocycles. The normalized spacial score (nSPS) is 22.1. The summed E-state index contributed by atoms with van der Waals surface area (Å²) in [5.74, 6) is 1.98. The average Bonchev–Trinajstić information content (AvgIpc) is 2.95. The van der Waals surface area contributed by atoms with E-state index in [0.29, 0.717) is 12.3 Å². The maximum Gasteiger partial charge on any atom is 0.220 e. The van der Waals surface area contributed by atoms with Gasteiger partial charge >= 0.3 is 0 Å². The molecule has 0 radical (unpaired) electrons. The molecule has 0 aromatic carbocycles. The van der Waals surface area contributed by atoms with E-state index in [1.807, 2.05) is 0 Å². The lowest BCUT2D eigenvalue weighted by Gasteiger charge is -2.19. The molecule has 2 N–H and O–H groups in total.